The van der Waals surface area contributed by atoms with Gasteiger partial charge in [-0.1, -0.05) is 12.1 Å². The van der Waals surface area contributed by atoms with Gasteiger partial charge in [-0.2, -0.15) is 0 Å². The van der Waals surface area contributed by atoms with Crippen molar-refractivity contribution in [3.8, 4) is 17.2 Å². The number of carbonyl (C=O) groups is 1. The summed E-state index contributed by atoms with van der Waals surface area (Å²) in [6, 6.07) is 16.2. The van der Waals surface area contributed by atoms with Gasteiger partial charge in [-0.15, -0.1) is 0 Å². The number of para-hydroxylation sites is 2. The summed E-state index contributed by atoms with van der Waals surface area (Å²) in [6.07, 6.45) is 1.98. The molecular formula is C24H20N4O5. The number of benzene rings is 3. The van der Waals surface area contributed by atoms with E-state index in [-0.39, 0.29) is 22.9 Å². The van der Waals surface area contributed by atoms with E-state index in [1.54, 1.807) is 30.3 Å². The van der Waals surface area contributed by atoms with Gasteiger partial charge in [0.05, 0.1) is 10.5 Å². The topological polar surface area (TPSA) is 122 Å². The van der Waals surface area contributed by atoms with Crippen molar-refractivity contribution in [2.75, 3.05) is 23.3 Å². The molecule has 0 bridgehead atoms. The van der Waals surface area contributed by atoms with Crippen LogP contribution in [0.3, 0.4) is 0 Å². The number of rotatable bonds is 5. The highest BCUT2D eigenvalue weighted by Crippen LogP contribution is 2.34. The molecule has 1 fully saturated rings. The second kappa shape index (κ2) is 8.27. The molecule has 0 spiro atoms. The average Bonchev–Trinajstić information content (AvgIpc) is 3.50. The van der Waals surface area contributed by atoms with E-state index in [9.17, 15) is 20.0 Å². The number of oxazole rings is 1. The zero-order chi connectivity index (χ0) is 22.9. The third kappa shape index (κ3) is 3.96. The van der Waals surface area contributed by atoms with Crippen LogP contribution in [0.1, 0.15) is 23.2 Å². The number of nitro groups is 1. The lowest BCUT2D eigenvalue weighted by Gasteiger charge is -2.17. The van der Waals surface area contributed by atoms with Crippen molar-refractivity contribution in [2.24, 2.45) is 0 Å². The summed E-state index contributed by atoms with van der Waals surface area (Å²) < 4.78 is 5.72. The molecule has 166 valence electrons. The maximum Gasteiger partial charge on any atom is 0.293 e. The van der Waals surface area contributed by atoms with Gasteiger partial charge >= 0.3 is 0 Å². The molecule has 33 heavy (non-hydrogen) atoms. The Morgan fingerprint density at radius 2 is 1.88 bits per heavy atom. The third-order valence-corrected chi connectivity index (χ3v) is 5.66. The second-order valence-electron chi connectivity index (χ2n) is 7.83. The van der Waals surface area contributed by atoms with Crippen LogP contribution in [0.2, 0.25) is 0 Å². The Bertz CT molecular complexity index is 1340. The summed E-state index contributed by atoms with van der Waals surface area (Å²) in [5.41, 5.74) is 2.53. The molecule has 0 saturated carbocycles. The van der Waals surface area contributed by atoms with Gasteiger partial charge in [0.1, 0.15) is 17.0 Å². The van der Waals surface area contributed by atoms with Crippen molar-refractivity contribution in [3.63, 3.8) is 0 Å². The number of phenols is 1. The van der Waals surface area contributed by atoms with E-state index in [0.29, 0.717) is 28.0 Å². The largest absolute Gasteiger partial charge is 0.507 e. The molecule has 2 N–H and O–H groups in total. The molecule has 2 heterocycles. The van der Waals surface area contributed by atoms with Gasteiger partial charge in [-0.25, -0.2) is 4.98 Å². The summed E-state index contributed by atoms with van der Waals surface area (Å²) in [5.74, 6) is -0.333. The van der Waals surface area contributed by atoms with Gasteiger partial charge in [0.2, 0.25) is 5.89 Å². The first-order valence-electron chi connectivity index (χ1n) is 10.5. The zero-order valence-corrected chi connectivity index (χ0v) is 17.5. The molecule has 0 atom stereocenters. The van der Waals surface area contributed by atoms with Crippen molar-refractivity contribution in [2.45, 2.75) is 12.8 Å². The van der Waals surface area contributed by atoms with Crippen molar-refractivity contribution in [1.29, 1.82) is 0 Å². The maximum absolute atomic E-state index is 12.8. The van der Waals surface area contributed by atoms with Gasteiger partial charge in [0.25, 0.3) is 11.6 Å². The Morgan fingerprint density at radius 1 is 1.09 bits per heavy atom. The highest BCUT2D eigenvalue weighted by Gasteiger charge is 2.24. The summed E-state index contributed by atoms with van der Waals surface area (Å²) in [7, 11) is 0. The molecule has 1 aliphatic rings. The first-order valence-corrected chi connectivity index (χ1v) is 10.5. The fourth-order valence-electron chi connectivity index (χ4n) is 4.01. The van der Waals surface area contributed by atoms with Crippen LogP contribution in [0.25, 0.3) is 22.6 Å². The number of aromatic nitrogens is 1. The Kier molecular flexibility index (Phi) is 5.14. The average molecular weight is 444 g/mol. The first-order chi connectivity index (χ1) is 16.0. The van der Waals surface area contributed by atoms with Crippen LogP contribution in [0.4, 0.5) is 17.1 Å². The minimum Gasteiger partial charge on any atom is -0.507 e. The lowest BCUT2D eigenvalue weighted by atomic mass is 10.1. The van der Waals surface area contributed by atoms with Crippen LogP contribution >= 0.6 is 0 Å². The Hall–Kier alpha value is -4.40. The van der Waals surface area contributed by atoms with Crippen LogP contribution in [-0.4, -0.2) is 34.0 Å². The number of carbonyl (C=O) groups excluding carboxylic acids is 1. The second-order valence-corrected chi connectivity index (χ2v) is 7.83. The highest BCUT2D eigenvalue weighted by molar-refractivity contribution is 6.05. The molecule has 4 aromatic rings. The lowest BCUT2D eigenvalue weighted by Crippen LogP contribution is -2.19. The monoisotopic (exact) mass is 444 g/mol. The quantitative estimate of drug-likeness (QED) is 0.253. The van der Waals surface area contributed by atoms with E-state index in [0.717, 1.165) is 25.9 Å². The van der Waals surface area contributed by atoms with Crippen LogP contribution in [0.5, 0.6) is 5.75 Å². The smallest absolute Gasteiger partial charge is 0.293 e. The molecule has 0 radical (unpaired) electrons. The van der Waals surface area contributed by atoms with Gasteiger partial charge < -0.3 is 19.7 Å². The van der Waals surface area contributed by atoms with E-state index >= 15 is 0 Å². The molecule has 9 nitrogen and oxygen atoms in total. The normalized spacial score (nSPS) is 13.4. The Labute approximate surface area is 188 Å². The van der Waals surface area contributed by atoms with Crippen molar-refractivity contribution in [3.05, 3.63) is 76.3 Å². The molecular weight excluding hydrogens is 424 g/mol. The maximum atomic E-state index is 12.8. The molecule has 0 aliphatic carbocycles. The van der Waals surface area contributed by atoms with Crippen LogP contribution in [0.15, 0.2) is 65.1 Å². The lowest BCUT2D eigenvalue weighted by molar-refractivity contribution is -0.384. The molecule has 1 saturated heterocycles. The van der Waals surface area contributed by atoms with E-state index in [1.165, 1.54) is 18.2 Å². The van der Waals surface area contributed by atoms with Crippen LogP contribution < -0.4 is 10.2 Å². The van der Waals surface area contributed by atoms with Crippen molar-refractivity contribution >= 4 is 34.1 Å². The number of nitrogens with zero attached hydrogens (tertiary/aromatic N) is 3. The van der Waals surface area contributed by atoms with Gasteiger partial charge in [0, 0.05) is 30.4 Å². The number of nitrogens with one attached hydrogen (secondary N) is 1. The molecule has 3 aromatic carbocycles. The highest BCUT2D eigenvalue weighted by atomic mass is 16.6. The van der Waals surface area contributed by atoms with Gasteiger partial charge in [-0.3, -0.25) is 14.9 Å². The Morgan fingerprint density at radius 3 is 2.64 bits per heavy atom. The fraction of sp³-hybridized carbons (Fsp3) is 0.167. The molecule has 0 unspecified atom stereocenters. The summed E-state index contributed by atoms with van der Waals surface area (Å²) in [5, 5.41) is 24.7. The standard InChI is InChI=1S/C24H20N4O5/c29-21-10-8-16(14-17(21)24-26-18-5-1-2-6-22(18)33-24)25-23(30)15-7-9-19(20(13-15)28(31)32)27-11-3-4-12-27/h1-2,5-10,13-14,29H,3-4,11-12H2,(H,25,30). The number of amides is 1. The number of fused-ring (bicyclic) bond motifs is 1. The number of hydrogen-bond donors (Lipinski definition) is 2. The van der Waals surface area contributed by atoms with Crippen molar-refractivity contribution in [1.82, 2.24) is 4.98 Å². The van der Waals surface area contributed by atoms with E-state index < -0.39 is 10.8 Å². The van der Waals surface area contributed by atoms with E-state index in [2.05, 4.69) is 10.3 Å². The summed E-state index contributed by atoms with van der Waals surface area (Å²) in [6.45, 7) is 1.52. The Balaban J connectivity index is 1.42. The molecule has 5 rings (SSSR count). The molecule has 1 aromatic heterocycles. The number of aromatic hydroxyl groups is 1. The minimum atomic E-state index is -0.500. The van der Waals surface area contributed by atoms with Gasteiger partial charge in [-0.05, 0) is 55.3 Å². The first kappa shape index (κ1) is 20.5. The summed E-state index contributed by atoms with van der Waals surface area (Å²) in [4.78, 5) is 30.4. The van der Waals surface area contributed by atoms with Gasteiger partial charge in [0.15, 0.2) is 5.58 Å². The fourth-order valence-corrected chi connectivity index (χ4v) is 4.01. The van der Waals surface area contributed by atoms with E-state index in [1.807, 2.05) is 17.0 Å². The van der Waals surface area contributed by atoms with Crippen molar-refractivity contribution < 1.29 is 19.2 Å². The molecule has 1 amide bonds. The minimum absolute atomic E-state index is 0.0508. The SMILES string of the molecule is O=C(Nc1ccc(O)c(-c2nc3ccccc3o2)c1)c1ccc(N2CCCC2)c([N+](=O)[O-])c1. The predicted molar refractivity (Wildman–Crippen MR) is 124 cm³/mol. The molecule has 9 heteroatoms. The predicted octanol–water partition coefficient (Wildman–Crippen LogP) is 4.96. The number of anilines is 2. The van der Waals surface area contributed by atoms with Crippen LogP contribution in [0, 0.1) is 10.1 Å². The number of hydrogen-bond acceptors (Lipinski definition) is 7. The van der Waals surface area contributed by atoms with Crippen LogP contribution in [-0.2, 0) is 0 Å². The third-order valence-electron chi connectivity index (χ3n) is 5.66. The van der Waals surface area contributed by atoms with E-state index in [4.69, 9.17) is 4.42 Å². The number of nitro benzene ring substituents is 1. The number of phenolic OH excluding ortho intramolecular Hbond substituents is 1. The zero-order valence-electron chi connectivity index (χ0n) is 17.5. The summed E-state index contributed by atoms with van der Waals surface area (Å²) >= 11 is 0. The molecule has 1 aliphatic heterocycles.